The van der Waals surface area contributed by atoms with Crippen LogP contribution in [0.15, 0.2) is 0 Å². The van der Waals surface area contributed by atoms with E-state index < -0.39 is 0 Å². The Labute approximate surface area is 115 Å². The lowest BCUT2D eigenvalue weighted by Crippen LogP contribution is -2.51. The van der Waals surface area contributed by atoms with Gasteiger partial charge in [-0.15, -0.1) is 0 Å². The number of carbonyl (C=O) groups excluding carboxylic acids is 2. The molecule has 0 aliphatic carbocycles. The van der Waals surface area contributed by atoms with Crippen LogP contribution in [0.25, 0.3) is 0 Å². The molecule has 0 aromatic carbocycles. The lowest BCUT2D eigenvalue weighted by Gasteiger charge is -2.33. The molecule has 0 aromatic rings. The molecule has 0 unspecified atom stereocenters. The van der Waals surface area contributed by atoms with E-state index in [9.17, 15) is 9.59 Å². The van der Waals surface area contributed by atoms with Crippen LogP contribution in [0.4, 0.5) is 0 Å². The number of hydrogen-bond acceptors (Lipinski definition) is 4. The summed E-state index contributed by atoms with van der Waals surface area (Å²) >= 11 is 0. The Hall–Kier alpha value is -1.14. The predicted molar refractivity (Wildman–Crippen MR) is 74.8 cm³/mol. The molecule has 2 amide bonds. The third-order valence-electron chi connectivity index (χ3n) is 3.02. The van der Waals surface area contributed by atoms with Crippen LogP contribution in [0.5, 0.6) is 0 Å². The summed E-state index contributed by atoms with van der Waals surface area (Å²) in [5.74, 6) is 0.153. The maximum atomic E-state index is 11.6. The zero-order chi connectivity index (χ0) is 14.3. The highest BCUT2D eigenvalue weighted by atomic mass is 16.2. The van der Waals surface area contributed by atoms with Crippen LogP contribution >= 0.6 is 0 Å². The van der Waals surface area contributed by atoms with Crippen molar-refractivity contribution < 1.29 is 9.59 Å². The number of carbonyl (C=O) groups is 2. The predicted octanol–water partition coefficient (Wildman–Crippen LogP) is -0.735. The molecule has 1 saturated heterocycles. The summed E-state index contributed by atoms with van der Waals surface area (Å²) in [5.41, 5.74) is 0. The molecule has 6 heteroatoms. The summed E-state index contributed by atoms with van der Waals surface area (Å²) in [4.78, 5) is 27.4. The summed E-state index contributed by atoms with van der Waals surface area (Å²) < 4.78 is 0. The third kappa shape index (κ3) is 6.54. The van der Waals surface area contributed by atoms with Crippen LogP contribution in [0.2, 0.25) is 0 Å². The van der Waals surface area contributed by atoms with Crippen LogP contribution in [0.1, 0.15) is 20.8 Å². The molecule has 0 aromatic heterocycles. The number of hydrogen-bond donors (Lipinski definition) is 2. The van der Waals surface area contributed by atoms with Crippen molar-refractivity contribution in [1.29, 1.82) is 0 Å². The zero-order valence-electron chi connectivity index (χ0n) is 12.2. The van der Waals surface area contributed by atoms with E-state index in [1.54, 1.807) is 0 Å². The van der Waals surface area contributed by atoms with Gasteiger partial charge < -0.3 is 10.6 Å². The molecule has 1 fully saturated rings. The second-order valence-corrected chi connectivity index (χ2v) is 5.23. The minimum absolute atomic E-state index is 0.0761. The Balaban J connectivity index is 2.21. The van der Waals surface area contributed by atoms with Gasteiger partial charge in [0.2, 0.25) is 11.8 Å². The average molecular weight is 270 g/mol. The molecule has 0 bridgehead atoms. The Morgan fingerprint density at radius 2 is 1.47 bits per heavy atom. The normalized spacial score (nSPS) is 17.5. The molecule has 110 valence electrons. The molecule has 6 nitrogen and oxygen atoms in total. The fraction of sp³-hybridized carbons (Fsp3) is 0.846. The Bertz CT molecular complexity index is 299. The molecule has 1 aliphatic heterocycles. The molecule has 1 rings (SSSR count). The minimum Gasteiger partial charge on any atom is -0.355 e. The van der Waals surface area contributed by atoms with Crippen molar-refractivity contribution in [3.05, 3.63) is 0 Å². The van der Waals surface area contributed by atoms with Crippen LogP contribution in [0.3, 0.4) is 0 Å². The first-order valence-corrected chi connectivity index (χ1v) is 7.02. The quantitative estimate of drug-likeness (QED) is 0.667. The molecule has 0 radical (unpaired) electrons. The maximum Gasteiger partial charge on any atom is 0.234 e. The van der Waals surface area contributed by atoms with E-state index in [1.165, 1.54) is 0 Å². The van der Waals surface area contributed by atoms with E-state index in [0.717, 1.165) is 26.2 Å². The fourth-order valence-corrected chi connectivity index (χ4v) is 2.13. The molecule has 2 N–H and O–H groups in total. The second-order valence-electron chi connectivity index (χ2n) is 5.23. The van der Waals surface area contributed by atoms with Gasteiger partial charge in [0, 0.05) is 38.8 Å². The van der Waals surface area contributed by atoms with E-state index in [1.807, 2.05) is 20.8 Å². The van der Waals surface area contributed by atoms with E-state index in [0.29, 0.717) is 19.6 Å². The minimum atomic E-state index is 0.0761. The molecular formula is C13H26N4O2. The first-order valence-electron chi connectivity index (χ1n) is 7.02. The summed E-state index contributed by atoms with van der Waals surface area (Å²) in [6.45, 7) is 10.8. The molecule has 0 atom stereocenters. The van der Waals surface area contributed by atoms with Gasteiger partial charge in [0.1, 0.15) is 0 Å². The van der Waals surface area contributed by atoms with Crippen molar-refractivity contribution >= 4 is 11.8 Å². The van der Waals surface area contributed by atoms with Crippen molar-refractivity contribution in [3.63, 3.8) is 0 Å². The monoisotopic (exact) mass is 270 g/mol. The highest BCUT2D eigenvalue weighted by molar-refractivity contribution is 5.78. The Morgan fingerprint density at radius 3 is 1.89 bits per heavy atom. The van der Waals surface area contributed by atoms with Gasteiger partial charge in [0.25, 0.3) is 0 Å². The number of rotatable bonds is 6. The standard InChI is InChI=1S/C13H26N4O2/c1-4-14-12(18)9-16-5-7-17(8-6-16)10-13(19)15-11(2)3/h11H,4-10H2,1-3H3,(H,14,18)(H,15,19). The maximum absolute atomic E-state index is 11.6. The van der Waals surface area contributed by atoms with Gasteiger partial charge in [-0.1, -0.05) is 0 Å². The largest absolute Gasteiger partial charge is 0.355 e. The molecule has 1 heterocycles. The van der Waals surface area contributed by atoms with Gasteiger partial charge in [-0.25, -0.2) is 0 Å². The Morgan fingerprint density at radius 1 is 1.00 bits per heavy atom. The van der Waals surface area contributed by atoms with E-state index >= 15 is 0 Å². The van der Waals surface area contributed by atoms with Crippen LogP contribution in [-0.2, 0) is 9.59 Å². The Kier molecular flexibility index (Phi) is 6.80. The highest BCUT2D eigenvalue weighted by Gasteiger charge is 2.20. The fourth-order valence-electron chi connectivity index (χ4n) is 2.13. The first kappa shape index (κ1) is 15.9. The van der Waals surface area contributed by atoms with Crippen molar-refractivity contribution in [3.8, 4) is 0 Å². The molecular weight excluding hydrogens is 244 g/mol. The van der Waals surface area contributed by atoms with Gasteiger partial charge in [-0.2, -0.15) is 0 Å². The zero-order valence-corrected chi connectivity index (χ0v) is 12.2. The molecule has 1 aliphatic rings. The van der Waals surface area contributed by atoms with Gasteiger partial charge in [-0.3, -0.25) is 19.4 Å². The average Bonchev–Trinajstić information content (AvgIpc) is 2.31. The lowest BCUT2D eigenvalue weighted by molar-refractivity contribution is -0.125. The topological polar surface area (TPSA) is 64.7 Å². The van der Waals surface area contributed by atoms with Crippen molar-refractivity contribution in [2.24, 2.45) is 0 Å². The van der Waals surface area contributed by atoms with Gasteiger partial charge in [-0.05, 0) is 20.8 Å². The molecule has 0 spiro atoms. The SMILES string of the molecule is CCNC(=O)CN1CCN(CC(=O)NC(C)C)CC1. The highest BCUT2D eigenvalue weighted by Crippen LogP contribution is 2.01. The second kappa shape index (κ2) is 8.12. The van der Waals surface area contributed by atoms with E-state index in [-0.39, 0.29) is 17.9 Å². The third-order valence-corrected chi connectivity index (χ3v) is 3.02. The molecule has 0 saturated carbocycles. The first-order chi connectivity index (χ1) is 9.01. The van der Waals surface area contributed by atoms with Crippen molar-refractivity contribution in [2.45, 2.75) is 26.8 Å². The van der Waals surface area contributed by atoms with Crippen molar-refractivity contribution in [2.75, 3.05) is 45.8 Å². The number of nitrogens with zero attached hydrogens (tertiary/aromatic N) is 2. The summed E-state index contributed by atoms with van der Waals surface area (Å²) in [7, 11) is 0. The van der Waals surface area contributed by atoms with Gasteiger partial charge >= 0.3 is 0 Å². The number of piperazine rings is 1. The lowest BCUT2D eigenvalue weighted by atomic mass is 10.3. The number of likely N-dealkylation sites (N-methyl/N-ethyl adjacent to an activating group) is 1. The number of nitrogens with one attached hydrogen (secondary N) is 2. The van der Waals surface area contributed by atoms with E-state index in [4.69, 9.17) is 0 Å². The van der Waals surface area contributed by atoms with Crippen LogP contribution in [-0.4, -0.2) is 73.5 Å². The summed E-state index contributed by atoms with van der Waals surface area (Å²) in [5, 5.41) is 5.69. The smallest absolute Gasteiger partial charge is 0.234 e. The molecule has 19 heavy (non-hydrogen) atoms. The van der Waals surface area contributed by atoms with Crippen molar-refractivity contribution in [1.82, 2.24) is 20.4 Å². The summed E-state index contributed by atoms with van der Waals surface area (Å²) in [6, 6.07) is 0.187. The van der Waals surface area contributed by atoms with Gasteiger partial charge in [0.05, 0.1) is 13.1 Å². The van der Waals surface area contributed by atoms with Crippen LogP contribution in [0, 0.1) is 0 Å². The number of amides is 2. The summed E-state index contributed by atoms with van der Waals surface area (Å²) in [6.07, 6.45) is 0. The van der Waals surface area contributed by atoms with Crippen LogP contribution < -0.4 is 10.6 Å². The van der Waals surface area contributed by atoms with Gasteiger partial charge in [0.15, 0.2) is 0 Å². The van der Waals surface area contributed by atoms with E-state index in [2.05, 4.69) is 20.4 Å².